The molecular weight excluding hydrogens is 338 g/mol. The lowest BCUT2D eigenvalue weighted by atomic mass is 9.83. The van der Waals surface area contributed by atoms with Crippen LogP contribution in [0.15, 0.2) is 54.2 Å². The van der Waals surface area contributed by atoms with Crippen LogP contribution in [-0.2, 0) is 4.74 Å². The first kappa shape index (κ1) is 17.7. The number of morpholine rings is 1. The van der Waals surface area contributed by atoms with Crippen molar-refractivity contribution in [2.75, 3.05) is 26.3 Å². The van der Waals surface area contributed by atoms with Crippen molar-refractivity contribution < 1.29 is 14.3 Å². The van der Waals surface area contributed by atoms with E-state index in [1.54, 1.807) is 12.1 Å². The van der Waals surface area contributed by atoms with E-state index in [-0.39, 0.29) is 11.6 Å². The molecule has 0 radical (unpaired) electrons. The SMILES string of the molecule is CC(C)c1ccc(C2=C(N3CCOCC3)C(=O)c3ccccc3C2=O)cc1. The second-order valence-corrected chi connectivity index (χ2v) is 7.30. The lowest BCUT2D eigenvalue weighted by Gasteiger charge is -2.34. The highest BCUT2D eigenvalue weighted by molar-refractivity contribution is 6.40. The number of fused-ring (bicyclic) bond motifs is 1. The molecule has 0 unspecified atom stereocenters. The molecule has 0 atom stereocenters. The Labute approximate surface area is 159 Å². The zero-order valence-corrected chi connectivity index (χ0v) is 15.7. The van der Waals surface area contributed by atoms with Crippen molar-refractivity contribution in [3.8, 4) is 0 Å². The Morgan fingerprint density at radius 1 is 0.852 bits per heavy atom. The average Bonchev–Trinajstić information content (AvgIpc) is 2.71. The molecule has 1 fully saturated rings. The summed E-state index contributed by atoms with van der Waals surface area (Å²) < 4.78 is 5.44. The van der Waals surface area contributed by atoms with E-state index in [9.17, 15) is 9.59 Å². The third-order valence-electron chi connectivity index (χ3n) is 5.29. The van der Waals surface area contributed by atoms with E-state index in [1.807, 2.05) is 41.3 Å². The van der Waals surface area contributed by atoms with Gasteiger partial charge in [-0.05, 0) is 17.0 Å². The molecule has 1 aliphatic heterocycles. The number of carbonyl (C=O) groups is 2. The molecule has 2 aliphatic rings. The predicted molar refractivity (Wildman–Crippen MR) is 105 cm³/mol. The second-order valence-electron chi connectivity index (χ2n) is 7.30. The quantitative estimate of drug-likeness (QED) is 0.831. The van der Waals surface area contributed by atoms with Crippen molar-refractivity contribution in [2.24, 2.45) is 0 Å². The van der Waals surface area contributed by atoms with Gasteiger partial charge in [0.1, 0.15) is 0 Å². The Morgan fingerprint density at radius 3 is 2.04 bits per heavy atom. The Hall–Kier alpha value is -2.72. The van der Waals surface area contributed by atoms with Gasteiger partial charge in [0.2, 0.25) is 5.78 Å². The number of Topliss-reactive ketones (excluding diaryl/α,β-unsaturated/α-hetero) is 2. The van der Waals surface area contributed by atoms with E-state index >= 15 is 0 Å². The van der Waals surface area contributed by atoms with Crippen molar-refractivity contribution in [3.63, 3.8) is 0 Å². The molecule has 1 aliphatic carbocycles. The van der Waals surface area contributed by atoms with Gasteiger partial charge < -0.3 is 9.64 Å². The smallest absolute Gasteiger partial charge is 0.210 e. The summed E-state index contributed by atoms with van der Waals surface area (Å²) in [4.78, 5) is 28.7. The van der Waals surface area contributed by atoms with Gasteiger partial charge in [0.05, 0.1) is 24.5 Å². The van der Waals surface area contributed by atoms with Gasteiger partial charge in [-0.3, -0.25) is 9.59 Å². The zero-order chi connectivity index (χ0) is 19.0. The molecule has 4 nitrogen and oxygen atoms in total. The summed E-state index contributed by atoms with van der Waals surface area (Å²) in [7, 11) is 0. The summed E-state index contributed by atoms with van der Waals surface area (Å²) in [5.41, 5.74) is 4.01. The highest BCUT2D eigenvalue weighted by Crippen LogP contribution is 2.35. The highest BCUT2D eigenvalue weighted by atomic mass is 16.5. The summed E-state index contributed by atoms with van der Waals surface area (Å²) in [6.07, 6.45) is 0. The van der Waals surface area contributed by atoms with Gasteiger partial charge in [-0.2, -0.15) is 0 Å². The van der Waals surface area contributed by atoms with E-state index in [4.69, 9.17) is 4.74 Å². The summed E-state index contributed by atoms with van der Waals surface area (Å²) >= 11 is 0. The van der Waals surface area contributed by atoms with Crippen molar-refractivity contribution in [1.82, 2.24) is 4.90 Å². The van der Waals surface area contributed by atoms with E-state index in [2.05, 4.69) is 13.8 Å². The highest BCUT2D eigenvalue weighted by Gasteiger charge is 2.36. The van der Waals surface area contributed by atoms with Crippen molar-refractivity contribution in [3.05, 3.63) is 76.5 Å². The Bertz CT molecular complexity index is 919. The molecule has 1 saturated heterocycles. The van der Waals surface area contributed by atoms with E-state index in [1.165, 1.54) is 5.56 Å². The van der Waals surface area contributed by atoms with Crippen molar-refractivity contribution in [1.29, 1.82) is 0 Å². The maximum absolute atomic E-state index is 13.4. The summed E-state index contributed by atoms with van der Waals surface area (Å²) in [6.45, 7) is 6.63. The number of allylic oxidation sites excluding steroid dienone is 2. The van der Waals surface area contributed by atoms with Gasteiger partial charge in [0.15, 0.2) is 5.78 Å². The van der Waals surface area contributed by atoms with Crippen molar-refractivity contribution in [2.45, 2.75) is 19.8 Å². The molecule has 2 aromatic carbocycles. The topological polar surface area (TPSA) is 46.6 Å². The first-order chi connectivity index (χ1) is 13.1. The van der Waals surface area contributed by atoms with Gasteiger partial charge in [-0.1, -0.05) is 62.4 Å². The van der Waals surface area contributed by atoms with Gasteiger partial charge in [-0.15, -0.1) is 0 Å². The fourth-order valence-electron chi connectivity index (χ4n) is 3.75. The minimum Gasteiger partial charge on any atom is -0.378 e. The van der Waals surface area contributed by atoms with Crippen molar-refractivity contribution >= 4 is 17.1 Å². The van der Waals surface area contributed by atoms with E-state index in [0.717, 1.165) is 5.56 Å². The van der Waals surface area contributed by atoms with Crippen LogP contribution in [0.3, 0.4) is 0 Å². The maximum atomic E-state index is 13.4. The first-order valence-electron chi connectivity index (χ1n) is 9.43. The molecule has 2 aromatic rings. The molecule has 4 heteroatoms. The standard InChI is InChI=1S/C23H23NO3/c1-15(2)16-7-9-17(10-8-16)20-21(24-11-13-27-14-12-24)23(26)19-6-4-3-5-18(19)22(20)25/h3-10,15H,11-14H2,1-2H3. The number of nitrogens with zero attached hydrogens (tertiary/aromatic N) is 1. The molecule has 0 N–H and O–H groups in total. The molecule has 0 bridgehead atoms. The fourth-order valence-corrected chi connectivity index (χ4v) is 3.75. The van der Waals surface area contributed by atoms with Crippen LogP contribution in [0.2, 0.25) is 0 Å². The molecule has 0 amide bonds. The molecule has 0 aromatic heterocycles. The Kier molecular flexibility index (Phi) is 4.66. The summed E-state index contributed by atoms with van der Waals surface area (Å²) in [5.74, 6) is 0.259. The van der Waals surface area contributed by atoms with Crippen LogP contribution in [0.4, 0.5) is 0 Å². The fraction of sp³-hybridized carbons (Fsp3) is 0.304. The average molecular weight is 361 g/mol. The Morgan fingerprint density at radius 2 is 1.44 bits per heavy atom. The van der Waals surface area contributed by atoms with Crippen LogP contribution < -0.4 is 0 Å². The number of rotatable bonds is 3. The van der Waals surface area contributed by atoms with Gasteiger partial charge >= 0.3 is 0 Å². The lowest BCUT2D eigenvalue weighted by Crippen LogP contribution is -2.40. The Balaban J connectivity index is 1.88. The molecular formula is C23H23NO3. The molecule has 4 rings (SSSR count). The largest absolute Gasteiger partial charge is 0.378 e. The van der Waals surface area contributed by atoms with Gasteiger partial charge in [0, 0.05) is 24.2 Å². The zero-order valence-electron chi connectivity index (χ0n) is 15.7. The molecule has 0 spiro atoms. The van der Waals surface area contributed by atoms with Crippen LogP contribution in [0.25, 0.3) is 5.57 Å². The minimum absolute atomic E-state index is 0.0740. The number of hydrogen-bond donors (Lipinski definition) is 0. The maximum Gasteiger partial charge on any atom is 0.210 e. The molecule has 0 saturated carbocycles. The lowest BCUT2D eigenvalue weighted by molar-refractivity contribution is 0.0506. The number of benzene rings is 2. The minimum atomic E-state index is -0.0796. The van der Waals surface area contributed by atoms with E-state index < -0.39 is 0 Å². The number of carbonyl (C=O) groups excluding carboxylic acids is 2. The summed E-state index contributed by atoms with van der Waals surface area (Å²) in [6, 6.07) is 15.1. The van der Waals surface area contributed by atoms with Crippen LogP contribution in [0, 0.1) is 0 Å². The second kappa shape index (κ2) is 7.12. The third-order valence-corrected chi connectivity index (χ3v) is 5.29. The molecule has 1 heterocycles. The van der Waals surface area contributed by atoms with Crippen LogP contribution in [0.5, 0.6) is 0 Å². The number of ketones is 2. The monoisotopic (exact) mass is 361 g/mol. The first-order valence-corrected chi connectivity index (χ1v) is 9.43. The van der Waals surface area contributed by atoms with Gasteiger partial charge in [0.25, 0.3) is 0 Å². The molecule has 27 heavy (non-hydrogen) atoms. The predicted octanol–water partition coefficient (Wildman–Crippen LogP) is 3.93. The summed E-state index contributed by atoms with van der Waals surface area (Å²) in [5, 5.41) is 0. The van der Waals surface area contributed by atoms with Crippen LogP contribution in [-0.4, -0.2) is 42.8 Å². The number of ether oxygens (including phenoxy) is 1. The van der Waals surface area contributed by atoms with Crippen LogP contribution in [0.1, 0.15) is 51.6 Å². The number of hydrogen-bond acceptors (Lipinski definition) is 4. The third kappa shape index (κ3) is 3.10. The van der Waals surface area contributed by atoms with E-state index in [0.29, 0.717) is 54.6 Å². The molecule has 138 valence electrons. The van der Waals surface area contributed by atoms with Crippen LogP contribution >= 0.6 is 0 Å². The normalized spacial score (nSPS) is 17.5. The van der Waals surface area contributed by atoms with Gasteiger partial charge in [-0.25, -0.2) is 0 Å².